The molecule has 0 N–H and O–H groups in total. The third kappa shape index (κ3) is 1.52. The van der Waals surface area contributed by atoms with Crippen LogP contribution in [-0.4, -0.2) is 31.8 Å². The van der Waals surface area contributed by atoms with Gasteiger partial charge in [-0.25, -0.2) is 0 Å². The van der Waals surface area contributed by atoms with E-state index < -0.39 is 0 Å². The summed E-state index contributed by atoms with van der Waals surface area (Å²) in [5, 5.41) is 0. The average Bonchev–Trinajstić information content (AvgIpc) is 2.73. The normalized spacial score (nSPS) is 19.6. The van der Waals surface area contributed by atoms with Gasteiger partial charge < -0.3 is 9.64 Å². The number of ether oxygens (including phenoxy) is 1. The zero-order chi connectivity index (χ0) is 11.0. The maximum atomic E-state index is 5.35. The summed E-state index contributed by atoms with van der Waals surface area (Å²) < 4.78 is 5.35. The van der Waals surface area contributed by atoms with Crippen LogP contribution in [0.4, 0.5) is 5.69 Å². The van der Waals surface area contributed by atoms with Crippen molar-refractivity contribution in [1.29, 1.82) is 0 Å². The van der Waals surface area contributed by atoms with Crippen molar-refractivity contribution in [1.82, 2.24) is 4.98 Å². The maximum Gasteiger partial charge on any atom is 0.0713 e. The number of hydrogen-bond donors (Lipinski definition) is 0. The lowest BCUT2D eigenvalue weighted by atomic mass is 10.0. The zero-order valence-electron chi connectivity index (χ0n) is 9.57. The molecule has 0 atom stereocenters. The van der Waals surface area contributed by atoms with Crippen LogP contribution < -0.4 is 4.90 Å². The summed E-state index contributed by atoms with van der Waals surface area (Å²) in [5.74, 6) is 0. The summed E-state index contributed by atoms with van der Waals surface area (Å²) in [6.45, 7) is 2.67. The van der Waals surface area contributed by atoms with Gasteiger partial charge in [-0.15, -0.1) is 0 Å². The molecule has 0 saturated carbocycles. The van der Waals surface area contributed by atoms with E-state index in [4.69, 9.17) is 4.74 Å². The Labute approximate surface area is 95.7 Å². The molecule has 3 heterocycles. The second-order valence-electron chi connectivity index (χ2n) is 4.38. The van der Waals surface area contributed by atoms with Gasteiger partial charge in [-0.3, -0.25) is 4.98 Å². The van der Waals surface area contributed by atoms with Gasteiger partial charge in [-0.1, -0.05) is 6.08 Å². The van der Waals surface area contributed by atoms with Crippen LogP contribution in [0.25, 0.3) is 5.57 Å². The van der Waals surface area contributed by atoms with Crippen LogP contribution in [-0.2, 0) is 11.2 Å². The predicted molar refractivity (Wildman–Crippen MR) is 64.6 cm³/mol. The second kappa shape index (κ2) is 3.91. The molecule has 3 rings (SSSR count). The molecule has 1 aromatic rings. The quantitative estimate of drug-likeness (QED) is 0.716. The minimum absolute atomic E-state index is 0.733. The van der Waals surface area contributed by atoms with E-state index in [2.05, 4.69) is 29.1 Å². The highest BCUT2D eigenvalue weighted by atomic mass is 16.5. The maximum absolute atomic E-state index is 5.35. The largest absolute Gasteiger partial charge is 0.377 e. The Hall–Kier alpha value is -1.35. The van der Waals surface area contributed by atoms with Gasteiger partial charge in [0.2, 0.25) is 0 Å². The Morgan fingerprint density at radius 3 is 3.12 bits per heavy atom. The minimum Gasteiger partial charge on any atom is -0.377 e. The summed E-state index contributed by atoms with van der Waals surface area (Å²) in [4.78, 5) is 6.86. The van der Waals surface area contributed by atoms with Crippen LogP contribution in [0.5, 0.6) is 0 Å². The van der Waals surface area contributed by atoms with E-state index in [1.54, 1.807) is 0 Å². The lowest BCUT2D eigenvalue weighted by Crippen LogP contribution is -2.12. The molecule has 84 valence electrons. The smallest absolute Gasteiger partial charge is 0.0713 e. The van der Waals surface area contributed by atoms with Gasteiger partial charge in [0.1, 0.15) is 0 Å². The van der Waals surface area contributed by atoms with Gasteiger partial charge in [0.15, 0.2) is 0 Å². The first-order chi connectivity index (χ1) is 7.86. The third-order valence-corrected chi connectivity index (χ3v) is 3.41. The lowest BCUT2D eigenvalue weighted by molar-refractivity contribution is 0.161. The first-order valence-electron chi connectivity index (χ1n) is 5.82. The highest BCUT2D eigenvalue weighted by Gasteiger charge is 2.21. The number of hydrogen-bond acceptors (Lipinski definition) is 3. The van der Waals surface area contributed by atoms with Crippen LogP contribution in [0, 0.1) is 0 Å². The van der Waals surface area contributed by atoms with Crippen molar-refractivity contribution in [3.63, 3.8) is 0 Å². The first-order valence-corrected chi connectivity index (χ1v) is 5.82. The molecule has 0 amide bonds. The summed E-state index contributed by atoms with van der Waals surface area (Å²) in [7, 11) is 2.15. The van der Waals surface area contributed by atoms with E-state index in [9.17, 15) is 0 Å². The fourth-order valence-electron chi connectivity index (χ4n) is 2.51. The van der Waals surface area contributed by atoms with Crippen molar-refractivity contribution in [2.75, 3.05) is 31.7 Å². The molecule has 2 aliphatic heterocycles. The molecule has 0 aliphatic carbocycles. The molecule has 1 aromatic heterocycles. The van der Waals surface area contributed by atoms with Gasteiger partial charge in [-0.2, -0.15) is 0 Å². The van der Waals surface area contributed by atoms with Crippen molar-refractivity contribution in [3.8, 4) is 0 Å². The van der Waals surface area contributed by atoms with E-state index in [0.717, 1.165) is 32.6 Å². The van der Waals surface area contributed by atoms with Gasteiger partial charge in [0.05, 0.1) is 18.9 Å². The van der Waals surface area contributed by atoms with E-state index in [1.165, 1.54) is 22.5 Å². The van der Waals surface area contributed by atoms with Crippen LogP contribution in [0.2, 0.25) is 0 Å². The van der Waals surface area contributed by atoms with Crippen molar-refractivity contribution in [2.24, 2.45) is 0 Å². The molecule has 3 heteroatoms. The van der Waals surface area contributed by atoms with Crippen LogP contribution in [0.15, 0.2) is 18.3 Å². The molecule has 0 unspecified atom stereocenters. The van der Waals surface area contributed by atoms with Crippen molar-refractivity contribution >= 4 is 11.3 Å². The van der Waals surface area contributed by atoms with E-state index in [0.29, 0.717) is 0 Å². The van der Waals surface area contributed by atoms with Gasteiger partial charge in [-0.05, 0) is 24.5 Å². The molecule has 3 nitrogen and oxygen atoms in total. The summed E-state index contributed by atoms with van der Waals surface area (Å²) in [6, 6.07) is 2.12. The highest BCUT2D eigenvalue weighted by Crippen LogP contribution is 2.33. The molecule has 0 bridgehead atoms. The highest BCUT2D eigenvalue weighted by molar-refractivity contribution is 5.73. The monoisotopic (exact) mass is 216 g/mol. The fraction of sp³-hybridized carbons (Fsp3) is 0.462. The predicted octanol–water partition coefficient (Wildman–Crippen LogP) is 1.88. The number of fused-ring (bicyclic) bond motifs is 1. The van der Waals surface area contributed by atoms with Crippen LogP contribution in [0.1, 0.15) is 17.7 Å². The third-order valence-electron chi connectivity index (χ3n) is 3.41. The number of nitrogens with zero attached hydrogens (tertiary/aromatic N) is 2. The topological polar surface area (TPSA) is 25.4 Å². The molecule has 0 spiro atoms. The van der Waals surface area contributed by atoms with Crippen molar-refractivity contribution < 1.29 is 4.74 Å². The Morgan fingerprint density at radius 1 is 1.38 bits per heavy atom. The number of rotatable bonds is 1. The van der Waals surface area contributed by atoms with Crippen molar-refractivity contribution in [3.05, 3.63) is 29.6 Å². The van der Waals surface area contributed by atoms with Crippen LogP contribution >= 0.6 is 0 Å². The number of pyridine rings is 1. The van der Waals surface area contributed by atoms with Crippen molar-refractivity contribution in [2.45, 2.75) is 12.8 Å². The Balaban J connectivity index is 2.05. The molecule has 16 heavy (non-hydrogen) atoms. The molecule has 0 aromatic carbocycles. The van der Waals surface area contributed by atoms with Crippen LogP contribution in [0.3, 0.4) is 0 Å². The molecule has 2 aliphatic rings. The SMILES string of the molecule is CN1CCc2c1ccnc2C1=CCOCC1. The zero-order valence-corrected chi connectivity index (χ0v) is 9.57. The van der Waals surface area contributed by atoms with E-state index in [-0.39, 0.29) is 0 Å². The van der Waals surface area contributed by atoms with Gasteiger partial charge in [0, 0.05) is 31.0 Å². The second-order valence-corrected chi connectivity index (χ2v) is 4.38. The average molecular weight is 216 g/mol. The molecule has 0 saturated heterocycles. The molecule has 0 fully saturated rings. The fourth-order valence-corrected chi connectivity index (χ4v) is 2.51. The van der Waals surface area contributed by atoms with Gasteiger partial charge >= 0.3 is 0 Å². The summed E-state index contributed by atoms with van der Waals surface area (Å²) in [5.41, 5.74) is 5.32. The molecular weight excluding hydrogens is 200 g/mol. The number of likely N-dealkylation sites (N-methyl/N-ethyl adjacent to an activating group) is 1. The Kier molecular flexibility index (Phi) is 2.40. The number of aromatic nitrogens is 1. The Bertz CT molecular complexity index is 440. The first kappa shape index (κ1) is 9.85. The minimum atomic E-state index is 0.733. The lowest BCUT2D eigenvalue weighted by Gasteiger charge is -2.16. The Morgan fingerprint density at radius 2 is 2.31 bits per heavy atom. The van der Waals surface area contributed by atoms with Gasteiger partial charge in [0.25, 0.3) is 0 Å². The summed E-state index contributed by atoms with van der Waals surface area (Å²) in [6.07, 6.45) is 6.21. The molecular formula is C13H16N2O. The van der Waals surface area contributed by atoms with E-state index >= 15 is 0 Å². The van der Waals surface area contributed by atoms with E-state index in [1.807, 2.05) is 6.20 Å². The standard InChI is InChI=1S/C13H16N2O/c1-15-7-3-11-12(15)2-6-14-13(11)10-4-8-16-9-5-10/h2,4,6H,3,5,7-9H2,1H3. The number of anilines is 1. The molecule has 0 radical (unpaired) electrons. The summed E-state index contributed by atoms with van der Waals surface area (Å²) >= 11 is 0.